The number of nitrogen functional groups attached to an aromatic ring is 1. The van der Waals surface area contributed by atoms with Crippen molar-refractivity contribution in [3.05, 3.63) is 33.4 Å². The maximum atomic E-state index is 13.1. The molecule has 2 aromatic rings. The fourth-order valence-electron chi connectivity index (χ4n) is 3.89. The number of carboxylic acid groups (broad SMARTS) is 1. The molecule has 192 valence electrons. The van der Waals surface area contributed by atoms with Gasteiger partial charge in [-0.15, -0.1) is 23.1 Å². The molecule has 4 heterocycles. The van der Waals surface area contributed by atoms with E-state index in [0.29, 0.717) is 17.9 Å². The zero-order valence-corrected chi connectivity index (χ0v) is 22.5. The number of thiazole rings is 2. The van der Waals surface area contributed by atoms with Gasteiger partial charge in [-0.3, -0.25) is 19.4 Å². The van der Waals surface area contributed by atoms with Gasteiger partial charge in [0.15, 0.2) is 10.8 Å². The molecule has 4 rings (SSSR count). The molecule has 0 bridgehead atoms. The van der Waals surface area contributed by atoms with E-state index in [1.807, 2.05) is 35.9 Å². The number of thioether (sulfide) groups is 1. The summed E-state index contributed by atoms with van der Waals surface area (Å²) in [4.78, 5) is 50.6. The molecule has 2 aromatic heterocycles. The molecule has 15 heteroatoms. The maximum absolute atomic E-state index is 13.1. The molecule has 0 radical (unpaired) electrons. The van der Waals surface area contributed by atoms with Gasteiger partial charge >= 0.3 is 11.1 Å². The summed E-state index contributed by atoms with van der Waals surface area (Å²) in [6.07, 6.45) is 0. The summed E-state index contributed by atoms with van der Waals surface area (Å²) in [5.74, 6) is -1.92. The maximum Gasteiger partial charge on any atom is 0.352 e. The Morgan fingerprint density at radius 2 is 2.17 bits per heavy atom. The normalized spacial score (nSPS) is 19.6. The number of amides is 2. The van der Waals surface area contributed by atoms with E-state index >= 15 is 0 Å². The Bertz CT molecular complexity index is 1270. The van der Waals surface area contributed by atoms with Crippen LogP contribution < -0.4 is 20.5 Å². The van der Waals surface area contributed by atoms with Crippen LogP contribution in [0.2, 0.25) is 0 Å². The third-order valence-electron chi connectivity index (χ3n) is 5.71. The molecule has 0 aromatic carbocycles. The molecule has 36 heavy (non-hydrogen) atoms. The van der Waals surface area contributed by atoms with Gasteiger partial charge < -0.3 is 21.0 Å². The number of nitrogens with two attached hydrogens (primary N) is 1. The number of likely N-dealkylation sites (N-methyl/N-ethyl adjacent to an activating group) is 1. The summed E-state index contributed by atoms with van der Waals surface area (Å²) in [6.45, 7) is 4.30. The Morgan fingerprint density at radius 1 is 1.42 bits per heavy atom. The number of β-lactam (4-membered cyclic amide) rings is 1. The highest BCUT2D eigenvalue weighted by Gasteiger charge is 2.54. The zero-order valence-electron chi connectivity index (χ0n) is 20.0. The Morgan fingerprint density at radius 3 is 2.75 bits per heavy atom. The smallest absolute Gasteiger partial charge is 0.352 e. The Balaban J connectivity index is 1.52. The molecule has 2 aliphatic rings. The number of aromatic nitrogens is 2. The van der Waals surface area contributed by atoms with Gasteiger partial charge in [0, 0.05) is 22.1 Å². The third-order valence-corrected chi connectivity index (χ3v) is 8.98. The second-order valence-corrected chi connectivity index (χ2v) is 11.0. The second kappa shape index (κ2) is 10.4. The fraction of sp³-hybridized carbons (Fsp3) is 0.429. The molecule has 1 saturated heterocycles. The van der Waals surface area contributed by atoms with Gasteiger partial charge in [0.05, 0.1) is 14.1 Å². The van der Waals surface area contributed by atoms with Gasteiger partial charge in [-0.05, 0) is 13.8 Å². The van der Waals surface area contributed by atoms with Crippen LogP contribution in [0.4, 0.5) is 10.3 Å². The molecule has 2 amide bonds. The van der Waals surface area contributed by atoms with Gasteiger partial charge in [0.25, 0.3) is 11.8 Å². The second-order valence-electron chi connectivity index (χ2n) is 8.12. The van der Waals surface area contributed by atoms with Crippen molar-refractivity contribution in [1.82, 2.24) is 15.2 Å². The van der Waals surface area contributed by atoms with E-state index in [-0.39, 0.29) is 28.8 Å². The van der Waals surface area contributed by atoms with E-state index < -0.39 is 29.2 Å². The van der Waals surface area contributed by atoms with Crippen molar-refractivity contribution in [3.8, 4) is 0 Å². The minimum absolute atomic E-state index is 0.0347. The van der Waals surface area contributed by atoms with E-state index in [2.05, 4.69) is 15.5 Å². The number of nitrogens with one attached hydrogen (secondary N) is 1. The number of anilines is 2. The zero-order chi connectivity index (χ0) is 26.1. The number of aliphatic carboxylic acids is 1. The van der Waals surface area contributed by atoms with Crippen LogP contribution in [-0.4, -0.2) is 75.9 Å². The number of carbonyl (C=O) groups excluding carboxylic acids is 2. The lowest BCUT2D eigenvalue weighted by atomic mass is 10.0. The first-order valence-corrected chi connectivity index (χ1v) is 13.7. The average molecular weight is 553 g/mol. The van der Waals surface area contributed by atoms with Crippen LogP contribution in [0, 0.1) is 6.92 Å². The van der Waals surface area contributed by atoms with Crippen molar-refractivity contribution in [2.24, 2.45) is 12.2 Å². The number of carbonyl (C=O) groups is 3. The van der Waals surface area contributed by atoms with Crippen molar-refractivity contribution in [1.29, 1.82) is 0 Å². The highest BCUT2D eigenvalue weighted by Crippen LogP contribution is 2.40. The number of oxime groups is 1. The van der Waals surface area contributed by atoms with E-state index in [9.17, 15) is 19.5 Å². The van der Waals surface area contributed by atoms with Gasteiger partial charge in [-0.1, -0.05) is 16.5 Å². The monoisotopic (exact) mass is 552 g/mol. The topological polar surface area (TPSA) is 154 Å². The molecule has 0 saturated carbocycles. The summed E-state index contributed by atoms with van der Waals surface area (Å²) < 4.78 is 2.03. The van der Waals surface area contributed by atoms with E-state index in [1.54, 1.807) is 23.6 Å². The van der Waals surface area contributed by atoms with Crippen LogP contribution >= 0.6 is 34.4 Å². The first-order chi connectivity index (χ1) is 17.1. The molecule has 2 unspecified atom stereocenters. The standard InChI is InChI=1S/C21H25N7O5S3/c1-5-33-25-13(12-9-35-20(22)23-12)16(29)24-14-17(30)28-15(19(31)32)11(8-34-18(14)28)6-26(3)21-27(4)10(2)7-36-21/h7,9,14,18H,5-6,8H2,1-4H3,(H3-,22,23,24,29,31,32)/p+1/b25-13-. The minimum Gasteiger partial charge on any atom is -0.477 e. The van der Waals surface area contributed by atoms with Crippen LogP contribution in [0.5, 0.6) is 0 Å². The lowest BCUT2D eigenvalue weighted by Gasteiger charge is -2.49. The number of hydrogen-bond acceptors (Lipinski definition) is 11. The molecule has 2 aliphatic heterocycles. The van der Waals surface area contributed by atoms with Crippen molar-refractivity contribution < 1.29 is 28.9 Å². The van der Waals surface area contributed by atoms with Crippen LogP contribution in [-0.2, 0) is 26.3 Å². The van der Waals surface area contributed by atoms with Crippen LogP contribution in [0.1, 0.15) is 18.3 Å². The Labute approximate surface area is 219 Å². The highest BCUT2D eigenvalue weighted by atomic mass is 32.2. The summed E-state index contributed by atoms with van der Waals surface area (Å²) in [7, 11) is 3.84. The summed E-state index contributed by atoms with van der Waals surface area (Å²) in [5.41, 5.74) is 7.50. The van der Waals surface area contributed by atoms with Crippen LogP contribution in [0.3, 0.4) is 0 Å². The van der Waals surface area contributed by atoms with E-state index in [4.69, 9.17) is 10.6 Å². The number of carboxylic acids is 1. The number of rotatable bonds is 9. The molecular weight excluding hydrogens is 526 g/mol. The van der Waals surface area contributed by atoms with E-state index in [0.717, 1.165) is 22.2 Å². The quantitative estimate of drug-likeness (QED) is 0.175. The molecular formula is C21H26N7O5S3+. The molecule has 0 spiro atoms. The summed E-state index contributed by atoms with van der Waals surface area (Å²) in [6, 6.07) is -0.906. The SMILES string of the molecule is CCO/N=C(\C(=O)NC1C(=O)N2C(C(=O)O)=C(CN(C)c3scc(C)[n+]3C)CSC12)c1csc(N)n1. The summed E-state index contributed by atoms with van der Waals surface area (Å²) >= 11 is 4.12. The highest BCUT2D eigenvalue weighted by molar-refractivity contribution is 8.00. The molecule has 1 fully saturated rings. The van der Waals surface area contributed by atoms with Crippen molar-refractivity contribution in [3.63, 3.8) is 0 Å². The number of hydrogen-bond donors (Lipinski definition) is 3. The Hall–Kier alpha value is -3.17. The molecule has 12 nitrogen and oxygen atoms in total. The summed E-state index contributed by atoms with van der Waals surface area (Å²) in [5, 5.41) is 20.8. The predicted octanol–water partition coefficient (Wildman–Crippen LogP) is 0.535. The van der Waals surface area contributed by atoms with Crippen LogP contribution in [0.25, 0.3) is 0 Å². The van der Waals surface area contributed by atoms with E-state index in [1.165, 1.54) is 16.7 Å². The van der Waals surface area contributed by atoms with Gasteiger partial charge in [0.1, 0.15) is 41.7 Å². The Kier molecular flexibility index (Phi) is 7.51. The average Bonchev–Trinajstić information content (AvgIpc) is 3.42. The molecule has 4 N–H and O–H groups in total. The lowest BCUT2D eigenvalue weighted by Crippen LogP contribution is -2.71. The number of nitrogens with zero attached hydrogens (tertiary/aromatic N) is 5. The number of aryl methyl sites for hydroxylation is 1. The largest absolute Gasteiger partial charge is 0.477 e. The molecule has 2 atom stereocenters. The van der Waals surface area contributed by atoms with Crippen LogP contribution in [0.15, 0.2) is 27.2 Å². The molecule has 0 aliphatic carbocycles. The first kappa shape index (κ1) is 25.9. The third kappa shape index (κ3) is 4.77. The number of fused-ring (bicyclic) bond motifs is 1. The van der Waals surface area contributed by atoms with Gasteiger partial charge in [0.2, 0.25) is 0 Å². The van der Waals surface area contributed by atoms with Gasteiger partial charge in [-0.2, -0.15) is 0 Å². The van der Waals surface area contributed by atoms with Gasteiger partial charge in [-0.25, -0.2) is 14.3 Å². The predicted molar refractivity (Wildman–Crippen MR) is 138 cm³/mol. The van der Waals surface area contributed by atoms with Crippen molar-refractivity contribution >= 4 is 68.2 Å². The minimum atomic E-state index is -1.18. The van der Waals surface area contributed by atoms with Crippen molar-refractivity contribution in [2.75, 3.05) is 36.6 Å². The lowest BCUT2D eigenvalue weighted by molar-refractivity contribution is -0.660. The first-order valence-electron chi connectivity index (χ1n) is 10.9. The fourth-order valence-corrected chi connectivity index (χ4v) is 6.76. The van der Waals surface area contributed by atoms with Crippen molar-refractivity contribution in [2.45, 2.75) is 25.3 Å².